The highest BCUT2D eigenvalue weighted by Crippen LogP contribution is 2.19. The van der Waals surface area contributed by atoms with Crippen molar-refractivity contribution >= 4 is 17.2 Å². The van der Waals surface area contributed by atoms with Crippen LogP contribution in [0.2, 0.25) is 0 Å². The highest BCUT2D eigenvalue weighted by Gasteiger charge is 2.17. The number of carbonyl (C=O) groups excluding carboxylic acids is 1. The third kappa shape index (κ3) is 3.46. The van der Waals surface area contributed by atoms with Gasteiger partial charge in [-0.3, -0.25) is 4.79 Å². The van der Waals surface area contributed by atoms with Crippen LogP contribution in [-0.2, 0) is 4.79 Å². The van der Waals surface area contributed by atoms with Crippen molar-refractivity contribution in [1.82, 2.24) is 5.32 Å². The maximum Gasteiger partial charge on any atom is 0.227 e. The molecule has 2 unspecified atom stereocenters. The molecule has 2 rings (SSSR count). The van der Waals surface area contributed by atoms with Crippen LogP contribution >= 0.6 is 11.3 Å². The maximum atomic E-state index is 12.0. The van der Waals surface area contributed by atoms with Crippen LogP contribution in [0.4, 0.5) is 0 Å². The van der Waals surface area contributed by atoms with E-state index in [9.17, 15) is 9.90 Å². The van der Waals surface area contributed by atoms with Crippen molar-refractivity contribution in [2.24, 2.45) is 0 Å². The molecule has 3 nitrogen and oxygen atoms in total. The lowest BCUT2D eigenvalue weighted by molar-refractivity contribution is -0.122. The van der Waals surface area contributed by atoms with E-state index in [1.165, 1.54) is 0 Å². The highest BCUT2D eigenvalue weighted by atomic mass is 32.1. The van der Waals surface area contributed by atoms with E-state index in [1.54, 1.807) is 11.3 Å². The Hall–Kier alpha value is -1.65. The van der Waals surface area contributed by atoms with Crippen LogP contribution in [0.3, 0.4) is 0 Å². The van der Waals surface area contributed by atoms with Crippen LogP contribution in [0.5, 0.6) is 0 Å². The zero-order valence-corrected chi connectivity index (χ0v) is 12.5. The van der Waals surface area contributed by atoms with Gasteiger partial charge < -0.3 is 10.4 Å². The zero-order valence-electron chi connectivity index (χ0n) is 11.7. The molecule has 0 fully saturated rings. The van der Waals surface area contributed by atoms with Crippen molar-refractivity contribution in [3.63, 3.8) is 0 Å². The summed E-state index contributed by atoms with van der Waals surface area (Å²) in [7, 11) is 0. The number of hydrogen-bond acceptors (Lipinski definition) is 3. The molecule has 0 aliphatic carbocycles. The Morgan fingerprint density at radius 1 is 1.35 bits per heavy atom. The van der Waals surface area contributed by atoms with E-state index in [0.29, 0.717) is 0 Å². The predicted octanol–water partition coefficient (Wildman–Crippen LogP) is 3.01. The van der Waals surface area contributed by atoms with E-state index >= 15 is 0 Å². The van der Waals surface area contributed by atoms with E-state index in [0.717, 1.165) is 16.7 Å². The lowest BCUT2D eigenvalue weighted by atomic mass is 10.0. The van der Waals surface area contributed by atoms with E-state index < -0.39 is 6.10 Å². The Labute approximate surface area is 123 Å². The summed E-state index contributed by atoms with van der Waals surface area (Å²) >= 11 is 1.58. The minimum absolute atomic E-state index is 0.0592. The third-order valence-electron chi connectivity index (χ3n) is 3.45. The number of aryl methyl sites for hydroxylation is 1. The largest absolute Gasteiger partial charge is 0.387 e. The normalized spacial score (nSPS) is 13.8. The van der Waals surface area contributed by atoms with Crippen molar-refractivity contribution in [3.8, 4) is 0 Å². The van der Waals surface area contributed by atoms with E-state index in [4.69, 9.17) is 0 Å². The van der Waals surface area contributed by atoms with Crippen LogP contribution in [0.15, 0.2) is 41.1 Å². The first kappa shape index (κ1) is 14.8. The first-order valence-electron chi connectivity index (χ1n) is 6.63. The molecular weight excluding hydrogens is 270 g/mol. The number of hydrogen-bond donors (Lipinski definition) is 2. The average Bonchev–Trinajstić information content (AvgIpc) is 2.98. The molecule has 1 aromatic carbocycles. The number of nitrogens with one attached hydrogen (secondary N) is 1. The average molecular weight is 289 g/mol. The lowest BCUT2D eigenvalue weighted by Crippen LogP contribution is -2.31. The van der Waals surface area contributed by atoms with Gasteiger partial charge >= 0.3 is 0 Å². The van der Waals surface area contributed by atoms with Crippen molar-refractivity contribution in [1.29, 1.82) is 0 Å². The molecule has 1 aromatic heterocycles. The van der Waals surface area contributed by atoms with Gasteiger partial charge in [-0.25, -0.2) is 0 Å². The molecule has 0 aliphatic heterocycles. The van der Waals surface area contributed by atoms with Gasteiger partial charge in [0.1, 0.15) is 0 Å². The number of aliphatic hydroxyl groups excluding tert-OH is 1. The minimum Gasteiger partial charge on any atom is -0.387 e. The van der Waals surface area contributed by atoms with Crippen molar-refractivity contribution in [2.45, 2.75) is 25.9 Å². The van der Waals surface area contributed by atoms with E-state index in [1.807, 2.05) is 54.9 Å². The first-order chi connectivity index (χ1) is 9.59. The number of amides is 1. The topological polar surface area (TPSA) is 49.3 Å². The standard InChI is InChI=1S/C16H19NO2S/c1-11-5-3-4-6-14(11)15(18)9-17-16(19)12(2)13-7-8-20-10-13/h3-8,10,12,15,18H,9H2,1-2H3,(H,17,19). The second-order valence-corrected chi connectivity index (χ2v) is 5.68. The predicted molar refractivity (Wildman–Crippen MR) is 81.9 cm³/mol. The SMILES string of the molecule is Cc1ccccc1C(O)CNC(=O)C(C)c1ccsc1. The molecule has 2 atom stereocenters. The van der Waals surface area contributed by atoms with Gasteiger partial charge in [0.15, 0.2) is 0 Å². The molecule has 4 heteroatoms. The summed E-state index contributed by atoms with van der Waals surface area (Å²) in [6.45, 7) is 4.06. The molecule has 0 saturated heterocycles. The van der Waals surface area contributed by atoms with Crippen LogP contribution in [0.25, 0.3) is 0 Å². The van der Waals surface area contributed by atoms with Crippen LogP contribution in [0.1, 0.15) is 35.6 Å². The van der Waals surface area contributed by atoms with Crippen molar-refractivity contribution in [3.05, 3.63) is 57.8 Å². The van der Waals surface area contributed by atoms with Crippen LogP contribution in [-0.4, -0.2) is 17.6 Å². The minimum atomic E-state index is -0.671. The number of thiophene rings is 1. The molecule has 2 N–H and O–H groups in total. The zero-order chi connectivity index (χ0) is 14.5. The summed E-state index contributed by atoms with van der Waals surface area (Å²) in [6.07, 6.45) is -0.671. The molecule has 0 spiro atoms. The fourth-order valence-corrected chi connectivity index (χ4v) is 2.85. The van der Waals surface area contributed by atoms with Gasteiger partial charge in [0.25, 0.3) is 0 Å². The molecule has 0 saturated carbocycles. The summed E-state index contributed by atoms with van der Waals surface area (Å²) in [6, 6.07) is 9.61. The Morgan fingerprint density at radius 2 is 2.10 bits per heavy atom. The summed E-state index contributed by atoms with van der Waals surface area (Å²) < 4.78 is 0. The molecule has 2 aromatic rings. The molecule has 0 bridgehead atoms. The van der Waals surface area contributed by atoms with Gasteiger partial charge in [-0.05, 0) is 47.4 Å². The quantitative estimate of drug-likeness (QED) is 0.889. The lowest BCUT2D eigenvalue weighted by Gasteiger charge is -2.16. The van der Waals surface area contributed by atoms with E-state index in [2.05, 4.69) is 5.32 Å². The van der Waals surface area contributed by atoms with Crippen molar-refractivity contribution in [2.75, 3.05) is 6.54 Å². The second kappa shape index (κ2) is 6.68. The molecule has 106 valence electrons. The molecular formula is C16H19NO2S. The van der Waals surface area contributed by atoms with Gasteiger partial charge in [-0.1, -0.05) is 24.3 Å². The monoisotopic (exact) mass is 289 g/mol. The third-order valence-corrected chi connectivity index (χ3v) is 4.16. The summed E-state index contributed by atoms with van der Waals surface area (Å²) in [5.74, 6) is -0.249. The van der Waals surface area contributed by atoms with Crippen LogP contribution < -0.4 is 5.32 Å². The highest BCUT2D eigenvalue weighted by molar-refractivity contribution is 7.08. The number of carbonyl (C=O) groups is 1. The van der Waals surface area contributed by atoms with Gasteiger partial charge in [0.05, 0.1) is 12.0 Å². The van der Waals surface area contributed by atoms with E-state index in [-0.39, 0.29) is 18.4 Å². The Morgan fingerprint density at radius 3 is 2.75 bits per heavy atom. The fourth-order valence-electron chi connectivity index (χ4n) is 2.09. The Bertz CT molecular complexity index is 566. The number of aliphatic hydroxyl groups is 1. The molecule has 1 amide bonds. The smallest absolute Gasteiger partial charge is 0.227 e. The summed E-state index contributed by atoms with van der Waals surface area (Å²) in [4.78, 5) is 12.0. The summed E-state index contributed by atoms with van der Waals surface area (Å²) in [5, 5.41) is 16.9. The fraction of sp³-hybridized carbons (Fsp3) is 0.312. The molecule has 0 radical (unpaired) electrons. The van der Waals surface area contributed by atoms with Gasteiger partial charge in [0, 0.05) is 6.54 Å². The molecule has 0 aliphatic rings. The summed E-state index contributed by atoms with van der Waals surface area (Å²) in [5.41, 5.74) is 2.90. The van der Waals surface area contributed by atoms with Gasteiger partial charge in [-0.15, -0.1) is 0 Å². The second-order valence-electron chi connectivity index (χ2n) is 4.90. The molecule has 1 heterocycles. The van der Waals surface area contributed by atoms with Crippen molar-refractivity contribution < 1.29 is 9.90 Å². The van der Waals surface area contributed by atoms with Gasteiger partial charge in [0.2, 0.25) is 5.91 Å². The van der Waals surface area contributed by atoms with Crippen LogP contribution in [0, 0.1) is 6.92 Å². The number of rotatable bonds is 5. The van der Waals surface area contributed by atoms with Gasteiger partial charge in [-0.2, -0.15) is 11.3 Å². The maximum absolute atomic E-state index is 12.0. The first-order valence-corrected chi connectivity index (χ1v) is 7.57. The number of benzene rings is 1. The molecule has 20 heavy (non-hydrogen) atoms. The Kier molecular flexibility index (Phi) is 4.93. The Balaban J connectivity index is 1.92.